The monoisotopic (exact) mass is 430 g/mol. The van der Waals surface area contributed by atoms with Gasteiger partial charge in [0.1, 0.15) is 11.3 Å². The summed E-state index contributed by atoms with van der Waals surface area (Å²) in [6.45, 7) is 0.626. The first-order valence-electron chi connectivity index (χ1n) is 8.41. The number of imidazole rings is 1. The molecule has 5 nitrogen and oxygen atoms in total. The third kappa shape index (κ3) is 3.90. The smallest absolute Gasteiger partial charge is 0.174 e. The largest absolute Gasteiger partial charge is 0.497 e. The SMILES string of the molecule is COc1ccc(Cn2c(Sc3cc(Cl)cc(Cl)c3)nc3c(N)nccc32)cc1. The van der Waals surface area contributed by atoms with Gasteiger partial charge in [0.2, 0.25) is 0 Å². The number of methoxy groups -OCH3 is 1. The average molecular weight is 431 g/mol. The third-order valence-corrected chi connectivity index (χ3v) is 5.61. The van der Waals surface area contributed by atoms with E-state index in [1.54, 1.807) is 19.4 Å². The van der Waals surface area contributed by atoms with Gasteiger partial charge in [0, 0.05) is 21.1 Å². The summed E-state index contributed by atoms with van der Waals surface area (Å²) in [5.41, 5.74) is 8.76. The maximum Gasteiger partial charge on any atom is 0.174 e. The Balaban J connectivity index is 1.78. The van der Waals surface area contributed by atoms with Crippen LogP contribution in [-0.2, 0) is 6.54 Å². The molecule has 142 valence electrons. The zero-order valence-electron chi connectivity index (χ0n) is 14.9. The highest BCUT2D eigenvalue weighted by Gasteiger charge is 2.15. The van der Waals surface area contributed by atoms with Crippen molar-refractivity contribution < 1.29 is 4.74 Å². The Kier molecular flexibility index (Phi) is 5.35. The van der Waals surface area contributed by atoms with Crippen molar-refractivity contribution in [2.75, 3.05) is 12.8 Å². The van der Waals surface area contributed by atoms with Crippen molar-refractivity contribution in [2.24, 2.45) is 0 Å². The molecule has 28 heavy (non-hydrogen) atoms. The molecule has 0 bridgehead atoms. The molecular weight excluding hydrogens is 415 g/mol. The summed E-state index contributed by atoms with van der Waals surface area (Å²) >= 11 is 13.8. The molecule has 2 aromatic heterocycles. The Morgan fingerprint density at radius 2 is 1.79 bits per heavy atom. The van der Waals surface area contributed by atoms with Crippen molar-refractivity contribution in [2.45, 2.75) is 16.6 Å². The number of hydrogen-bond donors (Lipinski definition) is 1. The second-order valence-corrected chi connectivity index (χ2v) is 8.01. The predicted octanol–water partition coefficient (Wildman–Crippen LogP) is 5.53. The van der Waals surface area contributed by atoms with E-state index in [1.165, 1.54) is 11.8 Å². The molecule has 0 aliphatic heterocycles. The lowest BCUT2D eigenvalue weighted by molar-refractivity contribution is 0.414. The van der Waals surface area contributed by atoms with E-state index in [0.29, 0.717) is 27.9 Å². The van der Waals surface area contributed by atoms with E-state index in [4.69, 9.17) is 38.7 Å². The molecule has 0 amide bonds. The first-order valence-corrected chi connectivity index (χ1v) is 9.98. The highest BCUT2D eigenvalue weighted by molar-refractivity contribution is 7.99. The standard InChI is InChI=1S/C20H16Cl2N4OS/c1-27-15-4-2-12(3-5-15)11-26-17-6-7-24-19(23)18(17)25-20(26)28-16-9-13(21)8-14(22)10-16/h2-10H,11H2,1H3,(H2,23,24). The van der Waals surface area contributed by atoms with Gasteiger partial charge in [-0.05, 0) is 42.0 Å². The van der Waals surface area contributed by atoms with E-state index < -0.39 is 0 Å². The fraction of sp³-hybridized carbons (Fsp3) is 0.100. The number of nitrogens with zero attached hydrogens (tertiary/aromatic N) is 3. The van der Waals surface area contributed by atoms with Crippen LogP contribution in [0.2, 0.25) is 10.0 Å². The summed E-state index contributed by atoms with van der Waals surface area (Å²) < 4.78 is 7.35. The Hall–Kier alpha value is -2.41. The Morgan fingerprint density at radius 3 is 2.46 bits per heavy atom. The highest BCUT2D eigenvalue weighted by atomic mass is 35.5. The van der Waals surface area contributed by atoms with Gasteiger partial charge in [-0.25, -0.2) is 9.97 Å². The molecule has 0 saturated carbocycles. The second kappa shape index (κ2) is 7.91. The molecule has 0 atom stereocenters. The molecule has 2 heterocycles. The zero-order chi connectivity index (χ0) is 19.7. The quantitative estimate of drug-likeness (QED) is 0.450. The molecule has 4 rings (SSSR count). The first-order chi connectivity index (χ1) is 13.5. The normalized spacial score (nSPS) is 11.1. The molecule has 2 N–H and O–H groups in total. The molecule has 0 fully saturated rings. The fourth-order valence-corrected chi connectivity index (χ4v) is 4.54. The maximum atomic E-state index is 6.15. The van der Waals surface area contributed by atoms with Gasteiger partial charge in [-0.3, -0.25) is 0 Å². The van der Waals surface area contributed by atoms with E-state index in [-0.39, 0.29) is 0 Å². The van der Waals surface area contributed by atoms with Crippen LogP contribution in [0, 0.1) is 0 Å². The molecule has 2 aromatic carbocycles. The third-order valence-electron chi connectivity index (χ3n) is 4.21. The van der Waals surface area contributed by atoms with Crippen molar-refractivity contribution in [3.8, 4) is 5.75 Å². The number of pyridine rings is 1. The lowest BCUT2D eigenvalue weighted by Crippen LogP contribution is -2.02. The van der Waals surface area contributed by atoms with E-state index in [0.717, 1.165) is 26.9 Å². The first kappa shape index (κ1) is 18.9. The zero-order valence-corrected chi connectivity index (χ0v) is 17.2. The number of benzene rings is 2. The van der Waals surface area contributed by atoms with Crippen LogP contribution in [0.25, 0.3) is 11.0 Å². The Morgan fingerprint density at radius 1 is 1.07 bits per heavy atom. The van der Waals surface area contributed by atoms with E-state index >= 15 is 0 Å². The van der Waals surface area contributed by atoms with Crippen molar-refractivity contribution in [1.29, 1.82) is 0 Å². The summed E-state index contributed by atoms with van der Waals surface area (Å²) in [4.78, 5) is 9.78. The van der Waals surface area contributed by atoms with Crippen molar-refractivity contribution >= 4 is 51.8 Å². The van der Waals surface area contributed by atoms with Crippen LogP contribution in [0.3, 0.4) is 0 Å². The summed E-state index contributed by atoms with van der Waals surface area (Å²) in [5.74, 6) is 1.22. The molecule has 8 heteroatoms. The van der Waals surface area contributed by atoms with E-state index in [1.807, 2.05) is 42.5 Å². The Bertz CT molecular complexity index is 1120. The average Bonchev–Trinajstić information content (AvgIpc) is 3.00. The van der Waals surface area contributed by atoms with Gasteiger partial charge in [-0.1, -0.05) is 47.1 Å². The second-order valence-electron chi connectivity index (χ2n) is 6.10. The number of nitrogen functional groups attached to an aromatic ring is 1. The van der Waals surface area contributed by atoms with Gasteiger partial charge >= 0.3 is 0 Å². The van der Waals surface area contributed by atoms with Crippen LogP contribution < -0.4 is 10.5 Å². The number of anilines is 1. The topological polar surface area (TPSA) is 66.0 Å². The molecular formula is C20H16Cl2N4OS. The van der Waals surface area contributed by atoms with Crippen LogP contribution in [0.5, 0.6) is 5.75 Å². The summed E-state index contributed by atoms with van der Waals surface area (Å²) in [6.07, 6.45) is 1.69. The molecule has 0 unspecified atom stereocenters. The van der Waals surface area contributed by atoms with E-state index in [2.05, 4.69) is 9.55 Å². The van der Waals surface area contributed by atoms with Crippen LogP contribution in [-0.4, -0.2) is 21.6 Å². The van der Waals surface area contributed by atoms with Crippen LogP contribution in [0.15, 0.2) is 64.8 Å². The lowest BCUT2D eigenvalue weighted by Gasteiger charge is -2.10. The minimum atomic E-state index is 0.400. The summed E-state index contributed by atoms with van der Waals surface area (Å²) in [5, 5.41) is 1.94. The number of rotatable bonds is 5. The van der Waals surface area contributed by atoms with E-state index in [9.17, 15) is 0 Å². The minimum Gasteiger partial charge on any atom is -0.497 e. The lowest BCUT2D eigenvalue weighted by atomic mass is 10.2. The highest BCUT2D eigenvalue weighted by Crippen LogP contribution is 2.34. The van der Waals surface area contributed by atoms with Crippen LogP contribution >= 0.6 is 35.0 Å². The number of aromatic nitrogens is 3. The summed E-state index contributed by atoms with van der Waals surface area (Å²) in [6, 6.07) is 15.3. The number of halogens is 2. The number of nitrogens with two attached hydrogens (primary N) is 1. The minimum absolute atomic E-state index is 0.400. The molecule has 0 aliphatic rings. The van der Waals surface area contributed by atoms with Gasteiger partial charge in [0.25, 0.3) is 0 Å². The van der Waals surface area contributed by atoms with Crippen molar-refractivity contribution in [3.05, 3.63) is 70.3 Å². The maximum absolute atomic E-state index is 6.15. The van der Waals surface area contributed by atoms with Gasteiger partial charge in [0.05, 0.1) is 19.2 Å². The predicted molar refractivity (Wildman–Crippen MR) is 115 cm³/mol. The molecule has 0 saturated heterocycles. The van der Waals surface area contributed by atoms with Gasteiger partial charge in [-0.2, -0.15) is 0 Å². The molecule has 0 aliphatic carbocycles. The van der Waals surface area contributed by atoms with Crippen LogP contribution in [0.4, 0.5) is 5.82 Å². The fourth-order valence-electron chi connectivity index (χ4n) is 2.89. The number of ether oxygens (including phenoxy) is 1. The van der Waals surface area contributed by atoms with Crippen molar-refractivity contribution in [3.63, 3.8) is 0 Å². The Labute approximate surface area is 176 Å². The van der Waals surface area contributed by atoms with Gasteiger partial charge in [0.15, 0.2) is 11.0 Å². The van der Waals surface area contributed by atoms with Crippen molar-refractivity contribution in [1.82, 2.24) is 14.5 Å². The number of hydrogen-bond acceptors (Lipinski definition) is 5. The summed E-state index contributed by atoms with van der Waals surface area (Å²) in [7, 11) is 1.65. The molecule has 0 radical (unpaired) electrons. The van der Waals surface area contributed by atoms with Crippen LogP contribution in [0.1, 0.15) is 5.56 Å². The molecule has 4 aromatic rings. The number of fused-ring (bicyclic) bond motifs is 1. The van der Waals surface area contributed by atoms with Gasteiger partial charge < -0.3 is 15.0 Å². The van der Waals surface area contributed by atoms with Gasteiger partial charge in [-0.15, -0.1) is 0 Å². The molecule has 0 spiro atoms.